The van der Waals surface area contributed by atoms with Gasteiger partial charge >= 0.3 is 0 Å². The molecule has 0 amide bonds. The summed E-state index contributed by atoms with van der Waals surface area (Å²) in [5, 5.41) is 3.10. The van der Waals surface area contributed by atoms with Gasteiger partial charge in [-0.3, -0.25) is 0 Å². The second-order valence-corrected chi connectivity index (χ2v) is 4.72. The van der Waals surface area contributed by atoms with Gasteiger partial charge < -0.3 is 0 Å². The normalized spacial score (nSPS) is 10.9. The molecule has 0 N–H and O–H groups in total. The lowest BCUT2D eigenvalue weighted by Gasteiger charge is -2.00. The molecule has 2 aromatic heterocycles. The predicted octanol–water partition coefficient (Wildman–Crippen LogP) is 4.15. The summed E-state index contributed by atoms with van der Waals surface area (Å²) in [4.78, 5) is 8.90. The van der Waals surface area contributed by atoms with Gasteiger partial charge in [0.15, 0.2) is 0 Å². The zero-order chi connectivity index (χ0) is 11.8. The minimum atomic E-state index is -0.269. The maximum Gasteiger partial charge on any atom is 0.141 e. The topological polar surface area (TPSA) is 25.8 Å². The van der Waals surface area contributed by atoms with E-state index >= 15 is 0 Å². The van der Waals surface area contributed by atoms with Crippen LogP contribution < -0.4 is 0 Å². The van der Waals surface area contributed by atoms with Crippen LogP contribution in [-0.2, 0) is 0 Å². The molecule has 0 unspecified atom stereocenters. The predicted molar refractivity (Wildman–Crippen MR) is 67.8 cm³/mol. The first kappa shape index (κ1) is 10.6. The Bertz CT molecular complexity index is 696. The highest BCUT2D eigenvalue weighted by Gasteiger charge is 2.11. The van der Waals surface area contributed by atoms with Crippen molar-refractivity contribution in [1.82, 2.24) is 9.97 Å². The van der Waals surface area contributed by atoms with Crippen LogP contribution >= 0.6 is 22.9 Å². The molecule has 1 aromatic carbocycles. The number of nitrogens with zero attached hydrogens (tertiary/aromatic N) is 2. The Kier molecular flexibility index (Phi) is 2.53. The van der Waals surface area contributed by atoms with Crippen LogP contribution in [0.15, 0.2) is 36.0 Å². The number of thiophene rings is 1. The van der Waals surface area contributed by atoms with E-state index in [1.165, 1.54) is 29.8 Å². The van der Waals surface area contributed by atoms with Crippen molar-refractivity contribution in [2.75, 3.05) is 0 Å². The molecule has 5 heteroatoms. The molecular weight excluding hydrogens is 259 g/mol. The first-order valence-corrected chi connectivity index (χ1v) is 6.15. The van der Waals surface area contributed by atoms with E-state index in [4.69, 9.17) is 11.6 Å². The number of hydrogen-bond acceptors (Lipinski definition) is 3. The van der Waals surface area contributed by atoms with E-state index in [1.807, 2.05) is 11.4 Å². The number of rotatable bonds is 1. The summed E-state index contributed by atoms with van der Waals surface area (Å²) in [6.07, 6.45) is 1.43. The van der Waals surface area contributed by atoms with Crippen molar-refractivity contribution >= 4 is 33.2 Å². The zero-order valence-corrected chi connectivity index (χ0v) is 10.1. The van der Waals surface area contributed by atoms with Crippen LogP contribution in [0.4, 0.5) is 4.39 Å². The maximum atomic E-state index is 13.2. The summed E-state index contributed by atoms with van der Waals surface area (Å²) >= 11 is 7.53. The third kappa shape index (κ3) is 1.79. The molecule has 0 bridgehead atoms. The number of hydrogen-bond donors (Lipinski definition) is 0. The molecule has 0 saturated heterocycles. The fourth-order valence-electron chi connectivity index (χ4n) is 1.71. The van der Waals surface area contributed by atoms with Crippen LogP contribution in [0, 0.1) is 5.82 Å². The van der Waals surface area contributed by atoms with Crippen LogP contribution in [0.5, 0.6) is 0 Å². The van der Waals surface area contributed by atoms with Crippen molar-refractivity contribution in [3.8, 4) is 11.1 Å². The van der Waals surface area contributed by atoms with Crippen LogP contribution in [0.2, 0.25) is 5.15 Å². The molecular formula is C12H6ClFN2S. The van der Waals surface area contributed by atoms with Crippen molar-refractivity contribution in [2.45, 2.75) is 0 Å². The summed E-state index contributed by atoms with van der Waals surface area (Å²) in [5.74, 6) is -0.269. The molecule has 3 rings (SSSR count). The van der Waals surface area contributed by atoms with Crippen LogP contribution in [0.1, 0.15) is 0 Å². The number of benzene rings is 1. The quantitative estimate of drug-likeness (QED) is 0.617. The highest BCUT2D eigenvalue weighted by atomic mass is 35.5. The molecule has 0 atom stereocenters. The van der Waals surface area contributed by atoms with Crippen molar-refractivity contribution in [2.24, 2.45) is 0 Å². The van der Waals surface area contributed by atoms with E-state index in [-0.39, 0.29) is 5.82 Å². The largest absolute Gasteiger partial charge is 0.225 e. The summed E-state index contributed by atoms with van der Waals surface area (Å²) in [6, 6.07) is 6.40. The summed E-state index contributed by atoms with van der Waals surface area (Å²) < 4.78 is 13.2. The van der Waals surface area contributed by atoms with Crippen LogP contribution in [0.25, 0.3) is 21.3 Å². The lowest BCUT2D eigenvalue weighted by atomic mass is 10.1. The second-order valence-electron chi connectivity index (χ2n) is 3.50. The van der Waals surface area contributed by atoms with Crippen LogP contribution in [-0.4, -0.2) is 9.97 Å². The fourth-order valence-corrected chi connectivity index (χ4v) is 2.91. The van der Waals surface area contributed by atoms with Crippen molar-refractivity contribution in [3.63, 3.8) is 0 Å². The van der Waals surface area contributed by atoms with E-state index in [0.29, 0.717) is 5.15 Å². The average Bonchev–Trinajstić information content (AvgIpc) is 2.74. The lowest BCUT2D eigenvalue weighted by molar-refractivity contribution is 0.628. The molecule has 84 valence electrons. The number of fused-ring (bicyclic) bond motifs is 1. The summed E-state index contributed by atoms with van der Waals surface area (Å²) in [5.41, 5.74) is 1.66. The van der Waals surface area contributed by atoms with Gasteiger partial charge in [0, 0.05) is 10.9 Å². The van der Waals surface area contributed by atoms with Gasteiger partial charge in [-0.15, -0.1) is 11.3 Å². The zero-order valence-electron chi connectivity index (χ0n) is 8.52. The van der Waals surface area contributed by atoms with E-state index < -0.39 is 0 Å². The Labute approximate surface area is 106 Å². The van der Waals surface area contributed by atoms with E-state index in [2.05, 4.69) is 9.97 Å². The maximum absolute atomic E-state index is 13.2. The lowest BCUT2D eigenvalue weighted by Crippen LogP contribution is -1.82. The van der Waals surface area contributed by atoms with Gasteiger partial charge in [0.2, 0.25) is 0 Å². The van der Waals surface area contributed by atoms with Gasteiger partial charge in [-0.25, -0.2) is 14.4 Å². The smallest absolute Gasteiger partial charge is 0.141 e. The Balaban J connectivity index is 2.31. The molecule has 17 heavy (non-hydrogen) atoms. The number of aromatic nitrogens is 2. The van der Waals surface area contributed by atoms with Gasteiger partial charge in [-0.05, 0) is 17.7 Å². The van der Waals surface area contributed by atoms with Gasteiger partial charge in [-0.2, -0.15) is 0 Å². The second kappa shape index (κ2) is 4.05. The molecule has 0 spiro atoms. The molecule has 0 aliphatic heterocycles. The van der Waals surface area contributed by atoms with Crippen molar-refractivity contribution in [3.05, 3.63) is 46.9 Å². The molecule has 0 radical (unpaired) electrons. The third-order valence-electron chi connectivity index (χ3n) is 2.46. The summed E-state index contributed by atoms with van der Waals surface area (Å²) in [6.45, 7) is 0. The van der Waals surface area contributed by atoms with E-state index in [9.17, 15) is 4.39 Å². The number of halogens is 2. The Morgan fingerprint density at radius 2 is 2.12 bits per heavy atom. The fraction of sp³-hybridized carbons (Fsp3) is 0. The van der Waals surface area contributed by atoms with E-state index in [1.54, 1.807) is 6.07 Å². The van der Waals surface area contributed by atoms with Gasteiger partial charge in [-0.1, -0.05) is 23.7 Å². The van der Waals surface area contributed by atoms with Crippen LogP contribution in [0.3, 0.4) is 0 Å². The standard InChI is InChI=1S/C12H6ClFN2S/c13-11-10-9(5-17-12(10)16-6-15-11)7-2-1-3-8(14)4-7/h1-6H. The molecule has 0 aliphatic carbocycles. The molecule has 0 aliphatic rings. The minimum absolute atomic E-state index is 0.269. The minimum Gasteiger partial charge on any atom is -0.225 e. The first-order valence-electron chi connectivity index (χ1n) is 4.89. The average molecular weight is 265 g/mol. The SMILES string of the molecule is Fc1cccc(-c2csc3ncnc(Cl)c23)c1. The molecule has 0 fully saturated rings. The highest BCUT2D eigenvalue weighted by molar-refractivity contribution is 7.17. The van der Waals surface area contributed by atoms with Gasteiger partial charge in [0.05, 0.1) is 5.39 Å². The monoisotopic (exact) mass is 264 g/mol. The molecule has 3 aromatic rings. The van der Waals surface area contributed by atoms with Gasteiger partial charge in [0.1, 0.15) is 22.1 Å². The molecule has 2 heterocycles. The van der Waals surface area contributed by atoms with Crippen molar-refractivity contribution < 1.29 is 4.39 Å². The van der Waals surface area contributed by atoms with Crippen molar-refractivity contribution in [1.29, 1.82) is 0 Å². The molecule has 2 nitrogen and oxygen atoms in total. The molecule has 0 saturated carbocycles. The van der Waals surface area contributed by atoms with Gasteiger partial charge in [0.25, 0.3) is 0 Å². The Hall–Kier alpha value is -1.52. The highest BCUT2D eigenvalue weighted by Crippen LogP contribution is 2.36. The van der Waals surface area contributed by atoms with E-state index in [0.717, 1.165) is 21.3 Å². The Morgan fingerprint density at radius 3 is 2.94 bits per heavy atom. The first-order chi connectivity index (χ1) is 8.25. The Morgan fingerprint density at radius 1 is 1.24 bits per heavy atom. The summed E-state index contributed by atoms with van der Waals surface area (Å²) in [7, 11) is 0. The third-order valence-corrected chi connectivity index (χ3v) is 3.63.